The van der Waals surface area contributed by atoms with Gasteiger partial charge in [0.15, 0.2) is 0 Å². The number of aliphatic hydroxyl groups excluding tert-OH is 1. The maximum Gasteiger partial charge on any atom is 0.0695 e. The summed E-state index contributed by atoms with van der Waals surface area (Å²) in [6.45, 7) is 6.42. The number of aryl methyl sites for hydroxylation is 2. The third-order valence-electron chi connectivity index (χ3n) is 5.05. The fraction of sp³-hybridized carbons (Fsp3) is 0.812. The van der Waals surface area contributed by atoms with Crippen molar-refractivity contribution >= 4 is 0 Å². The zero-order chi connectivity index (χ0) is 14.1. The van der Waals surface area contributed by atoms with Crippen molar-refractivity contribution < 1.29 is 5.11 Å². The highest BCUT2D eigenvalue weighted by atomic mass is 16.3. The van der Waals surface area contributed by atoms with Crippen LogP contribution in [0.5, 0.6) is 0 Å². The summed E-state index contributed by atoms with van der Waals surface area (Å²) in [5.41, 5.74) is 2.39. The standard InChI is InChI=1S/C16H27N3O/c1-12-11-13(2)19(17-12)14-7-9-18(10-8-14)15-5-3-4-6-16(15)20/h11,14-16,20H,3-10H2,1-2H3/t15-,16-/m1/s1. The van der Waals surface area contributed by atoms with E-state index in [2.05, 4.69) is 34.6 Å². The fourth-order valence-corrected chi connectivity index (χ4v) is 4.00. The van der Waals surface area contributed by atoms with Gasteiger partial charge < -0.3 is 5.11 Å². The van der Waals surface area contributed by atoms with Crippen molar-refractivity contribution in [3.63, 3.8) is 0 Å². The molecule has 0 aromatic carbocycles. The van der Waals surface area contributed by atoms with Gasteiger partial charge in [0.05, 0.1) is 17.8 Å². The zero-order valence-electron chi connectivity index (χ0n) is 12.8. The molecule has 1 saturated heterocycles. The number of nitrogens with zero attached hydrogens (tertiary/aromatic N) is 3. The average molecular weight is 277 g/mol. The molecule has 1 saturated carbocycles. The molecule has 0 radical (unpaired) electrons. The minimum atomic E-state index is -0.103. The molecular formula is C16H27N3O. The summed E-state index contributed by atoms with van der Waals surface area (Å²) in [5.74, 6) is 0. The van der Waals surface area contributed by atoms with Gasteiger partial charge in [0, 0.05) is 24.8 Å². The molecule has 112 valence electrons. The van der Waals surface area contributed by atoms with E-state index in [-0.39, 0.29) is 6.10 Å². The molecule has 1 N–H and O–H groups in total. The highest BCUT2D eigenvalue weighted by Gasteiger charge is 2.32. The first-order valence-corrected chi connectivity index (χ1v) is 8.10. The first-order chi connectivity index (χ1) is 9.65. The summed E-state index contributed by atoms with van der Waals surface area (Å²) < 4.78 is 2.21. The van der Waals surface area contributed by atoms with E-state index in [0.717, 1.165) is 38.0 Å². The lowest BCUT2D eigenvalue weighted by Crippen LogP contribution is -2.49. The maximum absolute atomic E-state index is 10.2. The van der Waals surface area contributed by atoms with Crippen molar-refractivity contribution in [3.8, 4) is 0 Å². The van der Waals surface area contributed by atoms with E-state index in [0.29, 0.717) is 12.1 Å². The zero-order valence-corrected chi connectivity index (χ0v) is 12.8. The van der Waals surface area contributed by atoms with Crippen LogP contribution in [0.1, 0.15) is 56.0 Å². The molecule has 1 aromatic heterocycles. The summed E-state index contributed by atoms with van der Waals surface area (Å²) in [7, 11) is 0. The van der Waals surface area contributed by atoms with E-state index in [4.69, 9.17) is 0 Å². The summed E-state index contributed by atoms with van der Waals surface area (Å²) in [5, 5.41) is 14.8. The number of hydrogen-bond acceptors (Lipinski definition) is 3. The number of aromatic nitrogens is 2. The second-order valence-electron chi connectivity index (χ2n) is 6.56. The van der Waals surface area contributed by atoms with Gasteiger partial charge in [-0.3, -0.25) is 9.58 Å². The van der Waals surface area contributed by atoms with E-state index in [9.17, 15) is 5.11 Å². The molecular weight excluding hydrogens is 250 g/mol. The van der Waals surface area contributed by atoms with Gasteiger partial charge in [-0.2, -0.15) is 5.10 Å². The van der Waals surface area contributed by atoms with Gasteiger partial charge >= 0.3 is 0 Å². The smallest absolute Gasteiger partial charge is 0.0695 e. The van der Waals surface area contributed by atoms with Crippen molar-refractivity contribution in [1.82, 2.24) is 14.7 Å². The average Bonchev–Trinajstić information content (AvgIpc) is 2.79. The van der Waals surface area contributed by atoms with Gasteiger partial charge in [0.2, 0.25) is 0 Å². The lowest BCUT2D eigenvalue weighted by Gasteiger charge is -2.41. The Labute approximate surface area is 121 Å². The molecule has 2 fully saturated rings. The predicted molar refractivity (Wildman–Crippen MR) is 79.8 cm³/mol. The molecule has 3 rings (SSSR count). The lowest BCUT2D eigenvalue weighted by molar-refractivity contribution is 0.00413. The first-order valence-electron chi connectivity index (χ1n) is 8.10. The van der Waals surface area contributed by atoms with Crippen LogP contribution >= 0.6 is 0 Å². The van der Waals surface area contributed by atoms with Crippen molar-refractivity contribution in [2.24, 2.45) is 0 Å². The van der Waals surface area contributed by atoms with Crippen LogP contribution in [0, 0.1) is 13.8 Å². The molecule has 20 heavy (non-hydrogen) atoms. The molecule has 0 amide bonds. The minimum Gasteiger partial charge on any atom is -0.391 e. The summed E-state index contributed by atoms with van der Waals surface area (Å²) in [4.78, 5) is 2.52. The number of piperidine rings is 1. The van der Waals surface area contributed by atoms with E-state index < -0.39 is 0 Å². The molecule has 0 spiro atoms. The number of likely N-dealkylation sites (tertiary alicyclic amines) is 1. The topological polar surface area (TPSA) is 41.3 Å². The van der Waals surface area contributed by atoms with Gasteiger partial charge in [-0.1, -0.05) is 12.8 Å². The maximum atomic E-state index is 10.2. The number of aliphatic hydroxyl groups is 1. The van der Waals surface area contributed by atoms with E-state index in [1.54, 1.807) is 0 Å². The molecule has 2 aliphatic rings. The molecule has 1 aliphatic heterocycles. The largest absolute Gasteiger partial charge is 0.391 e. The summed E-state index contributed by atoms with van der Waals surface area (Å²) in [6, 6.07) is 3.11. The molecule has 1 aromatic rings. The SMILES string of the molecule is Cc1cc(C)n(C2CCN([C@@H]3CCCC[C@H]3O)CC2)n1. The molecule has 0 unspecified atom stereocenters. The first kappa shape index (κ1) is 14.1. The summed E-state index contributed by atoms with van der Waals surface area (Å²) in [6.07, 6.45) is 6.84. The monoisotopic (exact) mass is 277 g/mol. The molecule has 2 atom stereocenters. The third-order valence-corrected chi connectivity index (χ3v) is 5.05. The highest BCUT2D eigenvalue weighted by Crippen LogP contribution is 2.29. The quantitative estimate of drug-likeness (QED) is 0.902. The highest BCUT2D eigenvalue weighted by molar-refractivity contribution is 5.08. The predicted octanol–water partition coefficient (Wildman–Crippen LogP) is 2.44. The molecule has 0 bridgehead atoms. The van der Waals surface area contributed by atoms with Gasteiger partial charge in [0.25, 0.3) is 0 Å². The van der Waals surface area contributed by atoms with Crippen LogP contribution in [-0.2, 0) is 0 Å². The van der Waals surface area contributed by atoms with E-state index >= 15 is 0 Å². The van der Waals surface area contributed by atoms with Crippen LogP contribution in [0.2, 0.25) is 0 Å². The van der Waals surface area contributed by atoms with E-state index in [1.165, 1.54) is 25.0 Å². The molecule has 4 nitrogen and oxygen atoms in total. The van der Waals surface area contributed by atoms with Gasteiger partial charge in [-0.25, -0.2) is 0 Å². The van der Waals surface area contributed by atoms with Crippen LogP contribution in [0.3, 0.4) is 0 Å². The van der Waals surface area contributed by atoms with Crippen LogP contribution < -0.4 is 0 Å². The Morgan fingerprint density at radius 3 is 2.40 bits per heavy atom. The van der Waals surface area contributed by atoms with Crippen molar-refractivity contribution in [2.75, 3.05) is 13.1 Å². The normalized spacial score (nSPS) is 29.8. The van der Waals surface area contributed by atoms with Crippen LogP contribution in [0.25, 0.3) is 0 Å². The Balaban J connectivity index is 1.60. The van der Waals surface area contributed by atoms with Crippen LogP contribution in [-0.4, -0.2) is 45.0 Å². The van der Waals surface area contributed by atoms with Gasteiger partial charge in [-0.05, 0) is 45.6 Å². The second kappa shape index (κ2) is 5.86. The van der Waals surface area contributed by atoms with Gasteiger partial charge in [-0.15, -0.1) is 0 Å². The van der Waals surface area contributed by atoms with Crippen molar-refractivity contribution in [3.05, 3.63) is 17.5 Å². The Morgan fingerprint density at radius 1 is 1.10 bits per heavy atom. The number of rotatable bonds is 2. The molecule has 1 aliphatic carbocycles. The Hall–Kier alpha value is -0.870. The Bertz CT molecular complexity index is 449. The molecule has 4 heteroatoms. The van der Waals surface area contributed by atoms with Crippen molar-refractivity contribution in [2.45, 2.75) is 70.6 Å². The Morgan fingerprint density at radius 2 is 1.80 bits per heavy atom. The van der Waals surface area contributed by atoms with E-state index in [1.807, 2.05) is 0 Å². The summed E-state index contributed by atoms with van der Waals surface area (Å²) >= 11 is 0. The lowest BCUT2D eigenvalue weighted by atomic mass is 9.89. The fourth-order valence-electron chi connectivity index (χ4n) is 4.00. The minimum absolute atomic E-state index is 0.103. The Kier molecular flexibility index (Phi) is 4.13. The number of hydrogen-bond donors (Lipinski definition) is 1. The van der Waals surface area contributed by atoms with Crippen LogP contribution in [0.15, 0.2) is 6.07 Å². The van der Waals surface area contributed by atoms with Gasteiger partial charge in [0.1, 0.15) is 0 Å². The third kappa shape index (κ3) is 2.77. The second-order valence-corrected chi connectivity index (χ2v) is 6.56. The molecule has 2 heterocycles. The van der Waals surface area contributed by atoms with Crippen molar-refractivity contribution in [1.29, 1.82) is 0 Å². The van der Waals surface area contributed by atoms with Crippen LogP contribution in [0.4, 0.5) is 0 Å².